The number of hydrogen-bond donors (Lipinski definition) is 0. The van der Waals surface area contributed by atoms with E-state index in [1.165, 1.54) is 0 Å². The van der Waals surface area contributed by atoms with Crippen LogP contribution in [0.2, 0.25) is 0 Å². The molecule has 92 valence electrons. The first kappa shape index (κ1) is 13.1. The molecule has 5 heteroatoms. The molecule has 1 aliphatic rings. The zero-order chi connectivity index (χ0) is 12.0. The second kappa shape index (κ2) is 6.60. The monoisotopic (exact) mass is 229 g/mol. The standard InChI is InChI=1S/C11H19NO4/c1-9-7-12(4-3-10(9)13)11(14)8-16-6-5-15-2/h9H,3-8H2,1-2H3. The molecule has 0 saturated carbocycles. The van der Waals surface area contributed by atoms with E-state index >= 15 is 0 Å². The van der Waals surface area contributed by atoms with Gasteiger partial charge in [-0.25, -0.2) is 0 Å². The van der Waals surface area contributed by atoms with Gasteiger partial charge in [-0.05, 0) is 0 Å². The first-order valence-corrected chi connectivity index (χ1v) is 5.52. The molecule has 1 atom stereocenters. The van der Waals surface area contributed by atoms with E-state index in [2.05, 4.69) is 0 Å². The lowest BCUT2D eigenvalue weighted by Gasteiger charge is -2.29. The number of likely N-dealkylation sites (tertiary alicyclic amines) is 1. The lowest BCUT2D eigenvalue weighted by molar-refractivity contribution is -0.141. The second-order valence-corrected chi connectivity index (χ2v) is 4.00. The molecule has 1 aliphatic heterocycles. The van der Waals surface area contributed by atoms with E-state index in [0.29, 0.717) is 32.7 Å². The van der Waals surface area contributed by atoms with Crippen molar-refractivity contribution in [2.45, 2.75) is 13.3 Å². The summed E-state index contributed by atoms with van der Waals surface area (Å²) in [6.45, 7) is 3.88. The minimum absolute atomic E-state index is 0.0447. The van der Waals surface area contributed by atoms with E-state index in [1.54, 1.807) is 12.0 Å². The van der Waals surface area contributed by atoms with E-state index in [0.717, 1.165) is 0 Å². The molecule has 0 N–H and O–H groups in total. The van der Waals surface area contributed by atoms with Crippen LogP contribution in [0.3, 0.4) is 0 Å². The fourth-order valence-electron chi connectivity index (χ4n) is 1.63. The van der Waals surface area contributed by atoms with Gasteiger partial charge in [0.2, 0.25) is 5.91 Å². The zero-order valence-electron chi connectivity index (χ0n) is 9.90. The minimum atomic E-state index is -0.0459. The van der Waals surface area contributed by atoms with Gasteiger partial charge in [0.05, 0.1) is 13.2 Å². The Balaban J connectivity index is 2.24. The molecule has 1 saturated heterocycles. The highest BCUT2D eigenvalue weighted by molar-refractivity contribution is 5.85. The van der Waals surface area contributed by atoms with Gasteiger partial charge in [0.1, 0.15) is 12.4 Å². The summed E-state index contributed by atoms with van der Waals surface area (Å²) in [5.41, 5.74) is 0. The molecular formula is C11H19NO4. The smallest absolute Gasteiger partial charge is 0.248 e. The molecule has 0 spiro atoms. The Hall–Kier alpha value is -0.940. The van der Waals surface area contributed by atoms with Crippen molar-refractivity contribution in [3.05, 3.63) is 0 Å². The summed E-state index contributed by atoms with van der Waals surface area (Å²) in [5, 5.41) is 0. The van der Waals surface area contributed by atoms with Crippen LogP contribution in [-0.2, 0) is 19.1 Å². The normalized spacial score (nSPS) is 21.2. The first-order valence-electron chi connectivity index (χ1n) is 5.52. The number of hydrogen-bond acceptors (Lipinski definition) is 4. The topological polar surface area (TPSA) is 55.8 Å². The van der Waals surface area contributed by atoms with Crippen LogP contribution in [0, 0.1) is 5.92 Å². The lowest BCUT2D eigenvalue weighted by Crippen LogP contribution is -2.44. The van der Waals surface area contributed by atoms with Gasteiger partial charge < -0.3 is 14.4 Å². The predicted molar refractivity (Wildman–Crippen MR) is 58.1 cm³/mol. The largest absolute Gasteiger partial charge is 0.382 e. The minimum Gasteiger partial charge on any atom is -0.382 e. The van der Waals surface area contributed by atoms with E-state index in [1.807, 2.05) is 6.92 Å². The quantitative estimate of drug-likeness (QED) is 0.627. The van der Waals surface area contributed by atoms with Crippen LogP contribution in [0.4, 0.5) is 0 Å². The van der Waals surface area contributed by atoms with E-state index in [4.69, 9.17) is 9.47 Å². The van der Waals surface area contributed by atoms with Crippen LogP contribution in [0.15, 0.2) is 0 Å². The van der Waals surface area contributed by atoms with E-state index in [9.17, 15) is 9.59 Å². The van der Waals surface area contributed by atoms with Crippen molar-refractivity contribution in [2.75, 3.05) is 40.0 Å². The Kier molecular flexibility index (Phi) is 5.42. The Bertz CT molecular complexity index is 254. The van der Waals surface area contributed by atoms with Crippen LogP contribution >= 0.6 is 0 Å². The van der Waals surface area contributed by atoms with Crippen molar-refractivity contribution >= 4 is 11.7 Å². The molecule has 1 amide bonds. The van der Waals surface area contributed by atoms with Crippen molar-refractivity contribution in [3.63, 3.8) is 0 Å². The van der Waals surface area contributed by atoms with E-state index < -0.39 is 0 Å². The first-order chi connectivity index (χ1) is 7.65. The van der Waals surface area contributed by atoms with Crippen LogP contribution in [0.25, 0.3) is 0 Å². The van der Waals surface area contributed by atoms with Crippen LogP contribution in [0.1, 0.15) is 13.3 Å². The fraction of sp³-hybridized carbons (Fsp3) is 0.818. The Labute approximate surface area is 95.7 Å². The number of rotatable bonds is 5. The van der Waals surface area contributed by atoms with Gasteiger partial charge in [0, 0.05) is 32.5 Å². The van der Waals surface area contributed by atoms with Gasteiger partial charge >= 0.3 is 0 Å². The number of carbonyl (C=O) groups excluding carboxylic acids is 2. The summed E-state index contributed by atoms with van der Waals surface area (Å²) >= 11 is 0. The van der Waals surface area contributed by atoms with Gasteiger partial charge in [-0.3, -0.25) is 9.59 Å². The maximum atomic E-state index is 11.7. The van der Waals surface area contributed by atoms with Gasteiger partial charge in [-0.1, -0.05) is 6.92 Å². The molecule has 5 nitrogen and oxygen atoms in total. The third-order valence-electron chi connectivity index (χ3n) is 2.68. The summed E-state index contributed by atoms with van der Waals surface area (Å²) in [7, 11) is 1.59. The number of amides is 1. The molecule has 1 unspecified atom stereocenters. The molecule has 0 bridgehead atoms. The SMILES string of the molecule is COCCOCC(=O)N1CCC(=O)C(C)C1. The summed E-state index contributed by atoms with van der Waals surface area (Å²) in [4.78, 5) is 24.6. The highest BCUT2D eigenvalue weighted by Gasteiger charge is 2.26. The van der Waals surface area contributed by atoms with Gasteiger partial charge in [0.15, 0.2) is 0 Å². The highest BCUT2D eigenvalue weighted by atomic mass is 16.5. The van der Waals surface area contributed by atoms with Gasteiger partial charge in [-0.15, -0.1) is 0 Å². The molecule has 0 radical (unpaired) electrons. The van der Waals surface area contributed by atoms with Crippen molar-refractivity contribution in [1.29, 1.82) is 0 Å². The maximum Gasteiger partial charge on any atom is 0.248 e. The maximum absolute atomic E-state index is 11.7. The zero-order valence-corrected chi connectivity index (χ0v) is 9.90. The number of ether oxygens (including phenoxy) is 2. The Morgan fingerprint density at radius 3 is 2.88 bits per heavy atom. The van der Waals surface area contributed by atoms with Crippen LogP contribution in [0.5, 0.6) is 0 Å². The van der Waals surface area contributed by atoms with Gasteiger partial charge in [0.25, 0.3) is 0 Å². The third kappa shape index (κ3) is 3.90. The predicted octanol–water partition coefficient (Wildman–Crippen LogP) is 0.0869. The van der Waals surface area contributed by atoms with Crippen molar-refractivity contribution in [3.8, 4) is 0 Å². The second-order valence-electron chi connectivity index (χ2n) is 4.00. The molecule has 0 aromatic rings. The Morgan fingerprint density at radius 1 is 1.50 bits per heavy atom. The summed E-state index contributed by atoms with van der Waals surface area (Å²) < 4.78 is 9.96. The Morgan fingerprint density at radius 2 is 2.25 bits per heavy atom. The number of Topliss-reactive ketones (excluding diaryl/α,β-unsaturated/α-hetero) is 1. The molecule has 0 aliphatic carbocycles. The fourth-order valence-corrected chi connectivity index (χ4v) is 1.63. The lowest BCUT2D eigenvalue weighted by atomic mass is 9.99. The molecule has 0 aromatic carbocycles. The van der Waals surface area contributed by atoms with E-state index in [-0.39, 0.29) is 24.2 Å². The van der Waals surface area contributed by atoms with Crippen molar-refractivity contribution < 1.29 is 19.1 Å². The average molecular weight is 229 g/mol. The number of nitrogens with zero attached hydrogens (tertiary/aromatic N) is 1. The highest BCUT2D eigenvalue weighted by Crippen LogP contribution is 2.12. The third-order valence-corrected chi connectivity index (χ3v) is 2.68. The van der Waals surface area contributed by atoms with Crippen LogP contribution < -0.4 is 0 Å². The molecule has 1 fully saturated rings. The number of ketones is 1. The molecule has 0 aromatic heterocycles. The molecule has 16 heavy (non-hydrogen) atoms. The van der Waals surface area contributed by atoms with Crippen molar-refractivity contribution in [1.82, 2.24) is 4.90 Å². The molecular weight excluding hydrogens is 210 g/mol. The van der Waals surface area contributed by atoms with Gasteiger partial charge in [-0.2, -0.15) is 0 Å². The average Bonchev–Trinajstić information content (AvgIpc) is 2.28. The number of piperidine rings is 1. The van der Waals surface area contributed by atoms with Crippen LogP contribution in [-0.4, -0.2) is 56.6 Å². The number of carbonyl (C=O) groups is 2. The number of methoxy groups -OCH3 is 1. The molecule has 1 rings (SSSR count). The summed E-state index contributed by atoms with van der Waals surface area (Å²) in [6, 6.07) is 0. The summed E-state index contributed by atoms with van der Waals surface area (Å²) in [5.74, 6) is 0.150. The molecule has 1 heterocycles. The summed E-state index contributed by atoms with van der Waals surface area (Å²) in [6.07, 6.45) is 0.463. The van der Waals surface area contributed by atoms with Crippen molar-refractivity contribution in [2.24, 2.45) is 5.92 Å².